The zero-order chi connectivity index (χ0) is 12.2. The Kier molecular flexibility index (Phi) is 2.00. The van der Waals surface area contributed by atoms with Gasteiger partial charge in [0.25, 0.3) is 0 Å². The molecule has 1 fully saturated rings. The Labute approximate surface area is 108 Å². The SMILES string of the molecule is CC1(c2ccc3ccccc3c2)CC2C=CC1C2. The molecule has 0 radical (unpaired) electrons. The van der Waals surface area contributed by atoms with E-state index in [2.05, 4.69) is 61.5 Å². The zero-order valence-electron chi connectivity index (χ0n) is 10.8. The van der Waals surface area contributed by atoms with E-state index in [0.29, 0.717) is 5.41 Å². The molecular formula is C18H18. The average Bonchev–Trinajstić information content (AvgIpc) is 2.99. The highest BCUT2D eigenvalue weighted by molar-refractivity contribution is 5.83. The van der Waals surface area contributed by atoms with Gasteiger partial charge in [-0.25, -0.2) is 0 Å². The zero-order valence-corrected chi connectivity index (χ0v) is 10.8. The van der Waals surface area contributed by atoms with E-state index in [1.54, 1.807) is 0 Å². The maximum absolute atomic E-state index is 2.45. The molecule has 0 saturated heterocycles. The number of fused-ring (bicyclic) bond motifs is 3. The second-order valence-corrected chi connectivity index (χ2v) is 6.17. The highest BCUT2D eigenvalue weighted by Crippen LogP contribution is 2.53. The van der Waals surface area contributed by atoms with Gasteiger partial charge in [-0.15, -0.1) is 0 Å². The third-order valence-corrected chi connectivity index (χ3v) is 5.09. The van der Waals surface area contributed by atoms with Crippen LogP contribution < -0.4 is 0 Å². The van der Waals surface area contributed by atoms with E-state index >= 15 is 0 Å². The Balaban J connectivity index is 1.85. The molecule has 0 N–H and O–H groups in total. The van der Waals surface area contributed by atoms with Crippen molar-refractivity contribution in [1.82, 2.24) is 0 Å². The van der Waals surface area contributed by atoms with Crippen molar-refractivity contribution in [1.29, 1.82) is 0 Å². The summed E-state index contributed by atoms with van der Waals surface area (Å²) in [5, 5.41) is 2.73. The first kappa shape index (κ1) is 10.4. The molecule has 1 saturated carbocycles. The summed E-state index contributed by atoms with van der Waals surface area (Å²) in [5.41, 5.74) is 1.89. The van der Waals surface area contributed by atoms with E-state index in [1.807, 2.05) is 0 Å². The van der Waals surface area contributed by atoms with Crippen LogP contribution in [-0.2, 0) is 5.41 Å². The van der Waals surface area contributed by atoms with Crippen LogP contribution in [0.4, 0.5) is 0 Å². The van der Waals surface area contributed by atoms with E-state index in [1.165, 1.54) is 29.2 Å². The van der Waals surface area contributed by atoms with Gasteiger partial charge in [0.2, 0.25) is 0 Å². The third kappa shape index (κ3) is 1.32. The molecule has 2 aliphatic rings. The molecule has 0 heteroatoms. The Morgan fingerprint density at radius 3 is 2.56 bits per heavy atom. The summed E-state index contributed by atoms with van der Waals surface area (Å²) >= 11 is 0. The molecule has 3 atom stereocenters. The average molecular weight is 234 g/mol. The highest BCUT2D eigenvalue weighted by atomic mass is 14.5. The molecular weight excluding hydrogens is 216 g/mol. The quantitative estimate of drug-likeness (QED) is 0.628. The third-order valence-electron chi connectivity index (χ3n) is 5.09. The van der Waals surface area contributed by atoms with Crippen LogP contribution in [0.1, 0.15) is 25.3 Å². The molecule has 18 heavy (non-hydrogen) atoms. The first-order valence-electron chi connectivity index (χ1n) is 6.93. The number of rotatable bonds is 1. The minimum atomic E-state index is 0.365. The first-order valence-corrected chi connectivity index (χ1v) is 6.93. The number of allylic oxidation sites excluding steroid dienone is 2. The molecule has 0 aliphatic heterocycles. The first-order chi connectivity index (χ1) is 8.75. The van der Waals surface area contributed by atoms with Crippen molar-refractivity contribution in [3.63, 3.8) is 0 Å². The van der Waals surface area contributed by atoms with Gasteiger partial charge in [0.05, 0.1) is 0 Å². The summed E-state index contributed by atoms with van der Waals surface area (Å²) in [7, 11) is 0. The summed E-state index contributed by atoms with van der Waals surface area (Å²) in [6, 6.07) is 15.7. The van der Waals surface area contributed by atoms with Gasteiger partial charge >= 0.3 is 0 Å². The van der Waals surface area contributed by atoms with Crippen LogP contribution in [0.15, 0.2) is 54.6 Å². The standard InChI is InChI=1S/C18H18/c1-18(12-13-6-8-16(18)10-13)17-9-7-14-4-2-3-5-15(14)11-17/h2-9,11,13,16H,10,12H2,1H3. The van der Waals surface area contributed by atoms with Gasteiger partial charge in [0.15, 0.2) is 0 Å². The van der Waals surface area contributed by atoms with Gasteiger partial charge < -0.3 is 0 Å². The molecule has 2 aromatic carbocycles. The number of hydrogen-bond donors (Lipinski definition) is 0. The van der Waals surface area contributed by atoms with E-state index in [0.717, 1.165) is 11.8 Å². The van der Waals surface area contributed by atoms with Crippen LogP contribution in [-0.4, -0.2) is 0 Å². The minimum absolute atomic E-state index is 0.365. The van der Waals surface area contributed by atoms with Gasteiger partial charge in [0.1, 0.15) is 0 Å². The topological polar surface area (TPSA) is 0 Å². The second-order valence-electron chi connectivity index (χ2n) is 6.17. The Hall–Kier alpha value is -1.56. The summed E-state index contributed by atoms with van der Waals surface area (Å²) in [6.45, 7) is 2.45. The summed E-state index contributed by atoms with van der Waals surface area (Å²) < 4.78 is 0. The number of benzene rings is 2. The van der Waals surface area contributed by atoms with Crippen molar-refractivity contribution < 1.29 is 0 Å². The van der Waals surface area contributed by atoms with Gasteiger partial charge in [-0.3, -0.25) is 0 Å². The van der Waals surface area contributed by atoms with Crippen molar-refractivity contribution in [2.45, 2.75) is 25.2 Å². The lowest BCUT2D eigenvalue weighted by Gasteiger charge is -2.32. The predicted octanol–water partition coefficient (Wildman–Crippen LogP) is 4.69. The van der Waals surface area contributed by atoms with Gasteiger partial charge in [-0.2, -0.15) is 0 Å². The lowest BCUT2D eigenvalue weighted by molar-refractivity contribution is 0.396. The maximum atomic E-state index is 2.45. The highest BCUT2D eigenvalue weighted by Gasteiger charge is 2.45. The van der Waals surface area contributed by atoms with Crippen molar-refractivity contribution in [3.05, 3.63) is 60.2 Å². The van der Waals surface area contributed by atoms with Gasteiger partial charge in [0, 0.05) is 0 Å². The lowest BCUT2D eigenvalue weighted by Crippen LogP contribution is -2.26. The molecule has 2 aromatic rings. The molecule has 2 aliphatic carbocycles. The number of hydrogen-bond acceptors (Lipinski definition) is 0. The van der Waals surface area contributed by atoms with Crippen molar-refractivity contribution in [2.24, 2.45) is 11.8 Å². The molecule has 0 spiro atoms. The fourth-order valence-electron chi connectivity index (χ4n) is 3.97. The van der Waals surface area contributed by atoms with E-state index < -0.39 is 0 Å². The van der Waals surface area contributed by atoms with E-state index in [4.69, 9.17) is 0 Å². The minimum Gasteiger partial charge on any atom is -0.0851 e. The maximum Gasteiger partial charge on any atom is -0.000654 e. The fraction of sp³-hybridized carbons (Fsp3) is 0.333. The molecule has 4 rings (SSSR count). The van der Waals surface area contributed by atoms with Crippen LogP contribution >= 0.6 is 0 Å². The largest absolute Gasteiger partial charge is 0.0851 e. The van der Waals surface area contributed by atoms with Crippen molar-refractivity contribution >= 4 is 10.8 Å². The monoisotopic (exact) mass is 234 g/mol. The van der Waals surface area contributed by atoms with Gasteiger partial charge in [-0.05, 0) is 46.4 Å². The summed E-state index contributed by atoms with van der Waals surface area (Å²) in [6.07, 6.45) is 7.56. The van der Waals surface area contributed by atoms with Crippen molar-refractivity contribution in [2.75, 3.05) is 0 Å². The molecule has 2 bridgehead atoms. The molecule has 0 heterocycles. The van der Waals surface area contributed by atoms with E-state index in [-0.39, 0.29) is 0 Å². The Morgan fingerprint density at radius 1 is 1.00 bits per heavy atom. The summed E-state index contributed by atoms with van der Waals surface area (Å²) in [4.78, 5) is 0. The Bertz CT molecular complexity index is 637. The molecule has 90 valence electrons. The predicted molar refractivity (Wildman–Crippen MR) is 76.7 cm³/mol. The molecule has 0 amide bonds. The van der Waals surface area contributed by atoms with Crippen LogP contribution in [0, 0.1) is 11.8 Å². The Morgan fingerprint density at radius 2 is 1.83 bits per heavy atom. The molecule has 0 aromatic heterocycles. The molecule has 0 nitrogen and oxygen atoms in total. The normalized spacial score (nSPS) is 33.4. The molecule has 3 unspecified atom stereocenters. The van der Waals surface area contributed by atoms with E-state index in [9.17, 15) is 0 Å². The van der Waals surface area contributed by atoms with Crippen LogP contribution in [0.3, 0.4) is 0 Å². The fourth-order valence-corrected chi connectivity index (χ4v) is 3.97. The van der Waals surface area contributed by atoms with Gasteiger partial charge in [-0.1, -0.05) is 61.5 Å². The second kappa shape index (κ2) is 3.47. The summed E-state index contributed by atoms with van der Waals surface area (Å²) in [5.74, 6) is 1.58. The van der Waals surface area contributed by atoms with Crippen molar-refractivity contribution in [3.8, 4) is 0 Å². The lowest BCUT2D eigenvalue weighted by atomic mass is 9.72. The van der Waals surface area contributed by atoms with Crippen LogP contribution in [0.5, 0.6) is 0 Å². The van der Waals surface area contributed by atoms with Crippen LogP contribution in [0.25, 0.3) is 10.8 Å². The smallest absolute Gasteiger partial charge is 0.000654 e. The van der Waals surface area contributed by atoms with Crippen LogP contribution in [0.2, 0.25) is 0 Å².